The maximum Gasteiger partial charge on any atom is 0.344 e. The van der Waals surface area contributed by atoms with Gasteiger partial charge < -0.3 is 9.30 Å². The lowest BCUT2D eigenvalue weighted by Crippen LogP contribution is -2.25. The number of benzene rings is 1. The van der Waals surface area contributed by atoms with Crippen molar-refractivity contribution in [2.45, 2.75) is 26.9 Å². The van der Waals surface area contributed by atoms with E-state index in [1.807, 2.05) is 11.5 Å². The van der Waals surface area contributed by atoms with Crippen LogP contribution in [0.4, 0.5) is 5.95 Å². The Hall–Kier alpha value is -2.88. The summed E-state index contributed by atoms with van der Waals surface area (Å²) in [5.74, 6) is -0.421. The predicted octanol–water partition coefficient (Wildman–Crippen LogP) is 3.63. The Balaban J connectivity index is 2.21. The molecule has 0 amide bonds. The maximum absolute atomic E-state index is 13.0. The van der Waals surface area contributed by atoms with Crippen molar-refractivity contribution in [2.75, 3.05) is 19.2 Å². The normalized spacial score (nSPS) is 10.9. The summed E-state index contributed by atoms with van der Waals surface area (Å²) in [4.78, 5) is 34.6. The summed E-state index contributed by atoms with van der Waals surface area (Å²) in [7, 11) is 1.45. The number of halogens is 2. The topological polar surface area (TPSA) is 100 Å². The minimum atomic E-state index is -0.699. The molecule has 31 heavy (non-hydrogen) atoms. The molecular formula is C20H21Cl2N5O4. The van der Waals surface area contributed by atoms with Gasteiger partial charge in [0.25, 0.3) is 5.95 Å². The van der Waals surface area contributed by atoms with Gasteiger partial charge >= 0.3 is 5.97 Å². The number of esters is 1. The number of nitrogens with one attached hydrogen (secondary N) is 1. The fourth-order valence-electron chi connectivity index (χ4n) is 3.21. The molecule has 0 atom stereocenters. The number of aromatic nitrogens is 4. The second-order valence-electron chi connectivity index (χ2n) is 6.39. The molecule has 0 saturated heterocycles. The summed E-state index contributed by atoms with van der Waals surface area (Å²) >= 11 is 12.3. The van der Waals surface area contributed by atoms with Gasteiger partial charge in [-0.2, -0.15) is 4.98 Å². The molecule has 0 fully saturated rings. The zero-order chi connectivity index (χ0) is 22.5. The second-order valence-corrected chi connectivity index (χ2v) is 7.20. The molecule has 0 aliphatic rings. The largest absolute Gasteiger partial charge is 0.462 e. The van der Waals surface area contributed by atoms with E-state index in [0.717, 1.165) is 0 Å². The molecule has 11 heteroatoms. The Labute approximate surface area is 188 Å². The summed E-state index contributed by atoms with van der Waals surface area (Å²) in [5.41, 5.74) is 3.60. The number of rotatable bonds is 8. The summed E-state index contributed by atoms with van der Waals surface area (Å²) < 4.78 is 8.54. The Bertz CT molecular complexity index is 1160. The Morgan fingerprint density at radius 3 is 2.61 bits per heavy atom. The van der Waals surface area contributed by atoms with Crippen LogP contribution >= 0.6 is 23.2 Å². The monoisotopic (exact) mass is 465 g/mol. The van der Waals surface area contributed by atoms with E-state index >= 15 is 0 Å². The molecule has 0 bridgehead atoms. The average Bonchev–Trinajstić information content (AvgIpc) is 3.17. The van der Waals surface area contributed by atoms with Gasteiger partial charge in [0.15, 0.2) is 5.43 Å². The van der Waals surface area contributed by atoms with E-state index in [0.29, 0.717) is 33.5 Å². The van der Waals surface area contributed by atoms with Crippen LogP contribution in [0.1, 0.15) is 29.9 Å². The quantitative estimate of drug-likeness (QED) is 0.400. The first-order valence-electron chi connectivity index (χ1n) is 9.47. The van der Waals surface area contributed by atoms with E-state index < -0.39 is 11.4 Å². The second kappa shape index (κ2) is 9.95. The molecule has 3 aromatic rings. The highest BCUT2D eigenvalue weighted by atomic mass is 35.5. The van der Waals surface area contributed by atoms with E-state index in [2.05, 4.69) is 15.6 Å². The van der Waals surface area contributed by atoms with Crippen molar-refractivity contribution >= 4 is 35.1 Å². The highest BCUT2D eigenvalue weighted by Gasteiger charge is 2.24. The Kier molecular flexibility index (Phi) is 7.32. The van der Waals surface area contributed by atoms with Crippen molar-refractivity contribution in [2.24, 2.45) is 0 Å². The van der Waals surface area contributed by atoms with E-state index in [-0.39, 0.29) is 24.7 Å². The van der Waals surface area contributed by atoms with Gasteiger partial charge in [0.2, 0.25) is 0 Å². The molecule has 2 aromatic heterocycles. The van der Waals surface area contributed by atoms with Crippen molar-refractivity contribution in [3.63, 3.8) is 0 Å². The molecule has 3 rings (SSSR count). The van der Waals surface area contributed by atoms with Gasteiger partial charge in [0, 0.05) is 23.9 Å². The van der Waals surface area contributed by atoms with E-state index in [9.17, 15) is 9.59 Å². The van der Waals surface area contributed by atoms with Crippen molar-refractivity contribution in [3.8, 4) is 11.3 Å². The first kappa shape index (κ1) is 22.8. The first-order chi connectivity index (χ1) is 14.9. The first-order valence-corrected chi connectivity index (χ1v) is 10.2. The highest BCUT2D eigenvalue weighted by Crippen LogP contribution is 2.31. The van der Waals surface area contributed by atoms with Gasteiger partial charge in [0.1, 0.15) is 11.9 Å². The average molecular weight is 466 g/mol. The molecular weight excluding hydrogens is 445 g/mol. The van der Waals surface area contributed by atoms with Crippen LogP contribution in [-0.4, -0.2) is 39.0 Å². The third-order valence-electron chi connectivity index (χ3n) is 4.44. The molecule has 0 unspecified atom stereocenters. The number of nitrogens with zero attached hydrogens (tertiary/aromatic N) is 4. The number of pyridine rings is 1. The zero-order valence-electron chi connectivity index (χ0n) is 17.2. The van der Waals surface area contributed by atoms with Crippen LogP contribution in [0.25, 0.3) is 11.3 Å². The van der Waals surface area contributed by atoms with Gasteiger partial charge in [-0.1, -0.05) is 29.3 Å². The number of carbonyl (C=O) groups excluding carboxylic acids is 1. The fourth-order valence-corrected chi connectivity index (χ4v) is 3.51. The van der Waals surface area contributed by atoms with Crippen LogP contribution in [0, 0.1) is 0 Å². The maximum atomic E-state index is 13.0. The van der Waals surface area contributed by atoms with Crippen LogP contribution in [0.2, 0.25) is 10.0 Å². The number of hydrogen-bond acceptors (Lipinski definition) is 7. The fraction of sp³-hybridized carbons (Fsp3) is 0.300. The molecule has 164 valence electrons. The molecule has 0 radical (unpaired) electrons. The van der Waals surface area contributed by atoms with Crippen molar-refractivity contribution in [3.05, 3.63) is 62.1 Å². The third-order valence-corrected chi connectivity index (χ3v) is 5.18. The number of anilines is 1. The van der Waals surface area contributed by atoms with Gasteiger partial charge in [-0.05, 0) is 26.0 Å². The molecule has 0 aliphatic heterocycles. The molecule has 1 N–H and O–H groups in total. The summed E-state index contributed by atoms with van der Waals surface area (Å²) in [6, 6.07) is 6.35. The lowest BCUT2D eigenvalue weighted by molar-refractivity contribution is 0.0525. The molecule has 1 aromatic carbocycles. The number of ether oxygens (including phenoxy) is 1. The van der Waals surface area contributed by atoms with Crippen LogP contribution in [-0.2, 0) is 22.7 Å². The number of carbonyl (C=O) groups is 1. The predicted molar refractivity (Wildman–Crippen MR) is 118 cm³/mol. The van der Waals surface area contributed by atoms with Crippen LogP contribution in [0.5, 0.6) is 0 Å². The molecule has 0 saturated carbocycles. The van der Waals surface area contributed by atoms with E-state index in [4.69, 9.17) is 32.8 Å². The Morgan fingerprint density at radius 1 is 1.19 bits per heavy atom. The lowest BCUT2D eigenvalue weighted by Gasteiger charge is -2.20. The summed E-state index contributed by atoms with van der Waals surface area (Å²) in [5, 5.41) is 4.91. The van der Waals surface area contributed by atoms with E-state index in [1.165, 1.54) is 19.5 Å². The van der Waals surface area contributed by atoms with Gasteiger partial charge in [0.05, 0.1) is 36.0 Å². The van der Waals surface area contributed by atoms with Crippen molar-refractivity contribution < 1.29 is 14.4 Å². The van der Waals surface area contributed by atoms with Gasteiger partial charge in [-0.25, -0.2) is 15.0 Å². The van der Waals surface area contributed by atoms with Crippen LogP contribution in [0.15, 0.2) is 35.4 Å². The van der Waals surface area contributed by atoms with Gasteiger partial charge in [-0.3, -0.25) is 9.63 Å². The minimum absolute atomic E-state index is 0.0637. The molecule has 0 aliphatic carbocycles. The summed E-state index contributed by atoms with van der Waals surface area (Å²) in [6.45, 7) is 4.43. The standard InChI is InChI=1S/C20H21Cl2N5O4/c1-4-27-13(10-26-11-23-20(24-26)25-30-3)9-16(28)17(19(29)31-5-2)18(27)12-6-7-14(21)15(22)8-12/h6-9,11H,4-5,10H2,1-3H3,(H,24,25). The minimum Gasteiger partial charge on any atom is -0.462 e. The smallest absolute Gasteiger partial charge is 0.344 e. The molecule has 0 spiro atoms. The SMILES string of the molecule is CCOC(=O)c1c(-c2ccc(Cl)c(Cl)c2)n(CC)c(Cn2cnc(NOC)n2)cc1=O. The third kappa shape index (κ3) is 4.90. The van der Waals surface area contributed by atoms with E-state index in [1.54, 1.807) is 29.8 Å². The number of hydrogen-bond donors (Lipinski definition) is 1. The van der Waals surface area contributed by atoms with Crippen molar-refractivity contribution in [1.82, 2.24) is 19.3 Å². The Morgan fingerprint density at radius 2 is 1.97 bits per heavy atom. The molecule has 2 heterocycles. The van der Waals surface area contributed by atoms with Crippen LogP contribution < -0.4 is 10.9 Å². The van der Waals surface area contributed by atoms with Gasteiger partial charge in [-0.15, -0.1) is 5.10 Å². The highest BCUT2D eigenvalue weighted by molar-refractivity contribution is 6.42. The molecule has 9 nitrogen and oxygen atoms in total. The zero-order valence-corrected chi connectivity index (χ0v) is 18.7. The lowest BCUT2D eigenvalue weighted by atomic mass is 10.0. The van der Waals surface area contributed by atoms with Crippen LogP contribution in [0.3, 0.4) is 0 Å². The summed E-state index contributed by atoms with van der Waals surface area (Å²) in [6.07, 6.45) is 1.50. The van der Waals surface area contributed by atoms with Crippen molar-refractivity contribution in [1.29, 1.82) is 0 Å².